The average molecular weight is 191 g/mol. The van der Waals surface area contributed by atoms with Gasteiger partial charge in [-0.15, -0.1) is 10.1 Å². The van der Waals surface area contributed by atoms with Gasteiger partial charge in [0.1, 0.15) is 13.2 Å². The van der Waals surface area contributed by atoms with E-state index < -0.39 is 16.5 Å². The summed E-state index contributed by atoms with van der Waals surface area (Å²) < 4.78 is 4.69. The Hall–Kier alpha value is -1.33. The second kappa shape index (κ2) is 4.64. The van der Waals surface area contributed by atoms with Crippen molar-refractivity contribution in [1.29, 1.82) is 0 Å². The summed E-state index contributed by atoms with van der Waals surface area (Å²) in [7, 11) is 0. The van der Waals surface area contributed by atoms with Gasteiger partial charge in [0.2, 0.25) is 0 Å². The van der Waals surface area contributed by atoms with Crippen LogP contribution >= 0.6 is 0 Å². The van der Waals surface area contributed by atoms with Crippen molar-refractivity contribution < 1.29 is 19.5 Å². The average Bonchev–Trinajstić information content (AvgIpc) is 1.95. The van der Waals surface area contributed by atoms with Crippen LogP contribution in [0.5, 0.6) is 0 Å². The molecule has 0 N–H and O–H groups in total. The Labute approximate surface area is 75.9 Å². The van der Waals surface area contributed by atoms with Crippen LogP contribution in [0.2, 0.25) is 0 Å². The normalized spacial score (nSPS) is 10.7. The first-order valence-electron chi connectivity index (χ1n) is 3.78. The predicted molar refractivity (Wildman–Crippen MR) is 43.4 cm³/mol. The standard InChI is InChI=1S/C7H13NO5/c1-7(2,3)6(9)12-4-5-13-8(10)11/h4-5H2,1-3H3. The van der Waals surface area contributed by atoms with Crippen LogP contribution in [0.4, 0.5) is 0 Å². The summed E-state index contributed by atoms with van der Waals surface area (Å²) in [4.78, 5) is 24.7. The summed E-state index contributed by atoms with van der Waals surface area (Å²) in [6.07, 6.45) is 0. The summed E-state index contributed by atoms with van der Waals surface area (Å²) in [5, 5.41) is 8.76. The predicted octanol–water partition coefficient (Wildman–Crippen LogP) is 0.784. The van der Waals surface area contributed by atoms with Crippen LogP contribution in [0.25, 0.3) is 0 Å². The van der Waals surface area contributed by atoms with E-state index in [4.69, 9.17) is 0 Å². The maximum absolute atomic E-state index is 11.1. The van der Waals surface area contributed by atoms with Crippen LogP contribution in [0.15, 0.2) is 0 Å². The minimum Gasteiger partial charge on any atom is -0.463 e. The lowest BCUT2D eigenvalue weighted by molar-refractivity contribution is -0.757. The second-order valence-electron chi connectivity index (χ2n) is 3.44. The summed E-state index contributed by atoms with van der Waals surface area (Å²) in [5.41, 5.74) is -0.589. The van der Waals surface area contributed by atoms with Gasteiger partial charge in [-0.2, -0.15) is 0 Å². The topological polar surface area (TPSA) is 78.7 Å². The van der Waals surface area contributed by atoms with E-state index in [1.165, 1.54) is 0 Å². The van der Waals surface area contributed by atoms with E-state index in [-0.39, 0.29) is 13.2 Å². The molecule has 0 aliphatic carbocycles. The summed E-state index contributed by atoms with van der Waals surface area (Å²) >= 11 is 0. The molecule has 0 aliphatic rings. The van der Waals surface area contributed by atoms with Crippen LogP contribution in [0, 0.1) is 15.5 Å². The summed E-state index contributed by atoms with van der Waals surface area (Å²) in [6, 6.07) is 0. The van der Waals surface area contributed by atoms with E-state index in [9.17, 15) is 14.9 Å². The lowest BCUT2D eigenvalue weighted by Gasteiger charge is -2.15. The quantitative estimate of drug-likeness (QED) is 0.284. The molecule has 0 saturated heterocycles. The maximum Gasteiger partial charge on any atom is 0.311 e. The van der Waals surface area contributed by atoms with Crippen molar-refractivity contribution in [3.05, 3.63) is 10.1 Å². The van der Waals surface area contributed by atoms with Gasteiger partial charge in [0, 0.05) is 0 Å². The van der Waals surface area contributed by atoms with Crippen molar-refractivity contribution in [2.45, 2.75) is 20.8 Å². The first-order valence-corrected chi connectivity index (χ1v) is 3.78. The Kier molecular flexibility index (Phi) is 4.16. The van der Waals surface area contributed by atoms with E-state index in [0.29, 0.717) is 0 Å². The zero-order chi connectivity index (χ0) is 10.5. The highest BCUT2D eigenvalue weighted by Gasteiger charge is 2.22. The molecule has 0 aromatic carbocycles. The molecule has 0 saturated carbocycles. The summed E-state index contributed by atoms with van der Waals surface area (Å²) in [5.74, 6) is -0.403. The molecule has 0 spiro atoms. The molecule has 6 nitrogen and oxygen atoms in total. The van der Waals surface area contributed by atoms with Crippen LogP contribution in [0.3, 0.4) is 0 Å². The zero-order valence-electron chi connectivity index (χ0n) is 7.90. The van der Waals surface area contributed by atoms with Crippen LogP contribution in [0.1, 0.15) is 20.8 Å². The number of ether oxygens (including phenoxy) is 1. The molecule has 0 unspecified atom stereocenters. The Bertz CT molecular complexity index is 196. The van der Waals surface area contributed by atoms with Crippen molar-refractivity contribution in [3.8, 4) is 0 Å². The first-order chi connectivity index (χ1) is 5.84. The Morgan fingerprint density at radius 2 is 1.92 bits per heavy atom. The van der Waals surface area contributed by atoms with Crippen molar-refractivity contribution >= 4 is 5.97 Å². The van der Waals surface area contributed by atoms with E-state index in [0.717, 1.165) is 0 Å². The zero-order valence-corrected chi connectivity index (χ0v) is 7.90. The Morgan fingerprint density at radius 1 is 1.38 bits per heavy atom. The van der Waals surface area contributed by atoms with Crippen LogP contribution < -0.4 is 0 Å². The van der Waals surface area contributed by atoms with Crippen molar-refractivity contribution in [1.82, 2.24) is 0 Å². The molecule has 0 radical (unpaired) electrons. The summed E-state index contributed by atoms with van der Waals surface area (Å²) in [6.45, 7) is 4.77. The number of hydrogen-bond donors (Lipinski definition) is 0. The SMILES string of the molecule is CC(C)(C)C(=O)OCCO[N+](=O)[O-]. The molecule has 0 atom stereocenters. The number of carbonyl (C=O) groups excluding carboxylic acids is 1. The van der Waals surface area contributed by atoms with Gasteiger partial charge < -0.3 is 9.57 Å². The monoisotopic (exact) mass is 191 g/mol. The van der Waals surface area contributed by atoms with Gasteiger partial charge in [0.25, 0.3) is 5.09 Å². The molecule has 6 heteroatoms. The Morgan fingerprint density at radius 3 is 2.31 bits per heavy atom. The molecular formula is C7H13NO5. The van der Waals surface area contributed by atoms with Gasteiger partial charge >= 0.3 is 5.97 Å². The van der Waals surface area contributed by atoms with Crippen LogP contribution in [-0.2, 0) is 14.4 Å². The van der Waals surface area contributed by atoms with Gasteiger partial charge in [-0.25, -0.2) is 0 Å². The molecule has 0 heterocycles. The number of carbonyl (C=O) groups is 1. The molecule has 13 heavy (non-hydrogen) atoms. The highest BCUT2D eigenvalue weighted by Crippen LogP contribution is 2.14. The second-order valence-corrected chi connectivity index (χ2v) is 3.44. The number of nitrogens with zero attached hydrogens (tertiary/aromatic N) is 1. The fourth-order valence-electron chi connectivity index (χ4n) is 0.463. The van der Waals surface area contributed by atoms with Crippen LogP contribution in [-0.4, -0.2) is 24.3 Å². The largest absolute Gasteiger partial charge is 0.463 e. The van der Waals surface area contributed by atoms with Gasteiger partial charge in [-0.1, -0.05) is 0 Å². The number of esters is 1. The number of rotatable bonds is 4. The molecule has 0 bridgehead atoms. The molecule has 0 fully saturated rings. The van der Waals surface area contributed by atoms with Crippen molar-refractivity contribution in [2.24, 2.45) is 5.41 Å². The fourth-order valence-corrected chi connectivity index (χ4v) is 0.463. The molecule has 0 amide bonds. The van der Waals surface area contributed by atoms with E-state index in [1.807, 2.05) is 0 Å². The van der Waals surface area contributed by atoms with E-state index in [2.05, 4.69) is 9.57 Å². The van der Waals surface area contributed by atoms with E-state index in [1.54, 1.807) is 20.8 Å². The van der Waals surface area contributed by atoms with Gasteiger partial charge in [-0.05, 0) is 20.8 Å². The molecule has 0 aromatic heterocycles. The van der Waals surface area contributed by atoms with Gasteiger partial charge in [0.15, 0.2) is 0 Å². The molecule has 76 valence electrons. The van der Waals surface area contributed by atoms with E-state index >= 15 is 0 Å². The third-order valence-corrected chi connectivity index (χ3v) is 1.13. The highest BCUT2D eigenvalue weighted by molar-refractivity contribution is 5.75. The molecule has 0 aromatic rings. The number of hydrogen-bond acceptors (Lipinski definition) is 5. The van der Waals surface area contributed by atoms with Crippen molar-refractivity contribution in [3.63, 3.8) is 0 Å². The fraction of sp³-hybridized carbons (Fsp3) is 0.857. The third-order valence-electron chi connectivity index (χ3n) is 1.13. The van der Waals surface area contributed by atoms with Gasteiger partial charge in [-0.3, -0.25) is 4.79 Å². The third kappa shape index (κ3) is 5.89. The lowest BCUT2D eigenvalue weighted by Crippen LogP contribution is -2.24. The molecule has 0 aliphatic heterocycles. The lowest BCUT2D eigenvalue weighted by atomic mass is 9.97. The first kappa shape index (κ1) is 11.7. The highest BCUT2D eigenvalue weighted by atomic mass is 17.0. The maximum atomic E-state index is 11.1. The Balaban J connectivity index is 3.55. The van der Waals surface area contributed by atoms with Gasteiger partial charge in [0.05, 0.1) is 5.41 Å². The minimum atomic E-state index is -0.926. The van der Waals surface area contributed by atoms with Crippen molar-refractivity contribution in [2.75, 3.05) is 13.2 Å². The molecular weight excluding hydrogens is 178 g/mol. The smallest absolute Gasteiger partial charge is 0.311 e. The minimum absolute atomic E-state index is 0.100. The molecule has 0 rings (SSSR count).